The molecule has 6 rings (SSSR count). The summed E-state index contributed by atoms with van der Waals surface area (Å²) >= 11 is 0. The van der Waals surface area contributed by atoms with Crippen LogP contribution in [-0.2, 0) is 16.1 Å². The van der Waals surface area contributed by atoms with Crippen molar-refractivity contribution in [1.29, 1.82) is 5.26 Å². The maximum Gasteiger partial charge on any atom is 0.411 e. The first-order valence-electron chi connectivity index (χ1n) is 13.8. The van der Waals surface area contributed by atoms with Gasteiger partial charge in [0.15, 0.2) is 6.61 Å². The number of fused-ring (bicyclic) bond motifs is 1. The lowest BCUT2D eigenvalue weighted by Gasteiger charge is -2.30. The lowest BCUT2D eigenvalue weighted by Crippen LogP contribution is -2.21. The average Bonchev–Trinajstić information content (AvgIpc) is 3.55. The van der Waals surface area contributed by atoms with Crippen LogP contribution in [0.2, 0.25) is 0 Å². The van der Waals surface area contributed by atoms with E-state index in [-0.39, 0.29) is 12.6 Å². The zero-order valence-electron chi connectivity index (χ0n) is 22.4. The van der Waals surface area contributed by atoms with E-state index in [0.717, 1.165) is 54.3 Å². The van der Waals surface area contributed by atoms with Gasteiger partial charge in [0.25, 0.3) is 0 Å². The van der Waals surface area contributed by atoms with Crippen LogP contribution >= 0.6 is 0 Å². The van der Waals surface area contributed by atoms with Gasteiger partial charge in [-0.2, -0.15) is 10.1 Å². The predicted octanol–water partition coefficient (Wildman–Crippen LogP) is 5.39. The first-order valence-corrected chi connectivity index (χ1v) is 13.8. The Bertz CT molecular complexity index is 1540. The summed E-state index contributed by atoms with van der Waals surface area (Å²) in [6.45, 7) is 3.68. The van der Waals surface area contributed by atoms with Crippen LogP contribution in [0.4, 0.5) is 10.5 Å². The Morgan fingerprint density at radius 1 is 1.12 bits per heavy atom. The number of carbonyl (C=O) groups is 1. The summed E-state index contributed by atoms with van der Waals surface area (Å²) in [6.07, 6.45) is 4.51. The van der Waals surface area contributed by atoms with Crippen LogP contribution < -0.4 is 10.1 Å². The second kappa shape index (κ2) is 11.4. The van der Waals surface area contributed by atoms with E-state index in [4.69, 9.17) is 14.2 Å². The second-order valence-electron chi connectivity index (χ2n) is 10.1. The van der Waals surface area contributed by atoms with E-state index in [1.165, 1.54) is 0 Å². The van der Waals surface area contributed by atoms with Crippen molar-refractivity contribution in [3.05, 3.63) is 53.9 Å². The minimum absolute atomic E-state index is 0.200. The van der Waals surface area contributed by atoms with Gasteiger partial charge in [0.05, 0.1) is 29.4 Å². The Kier molecular flexibility index (Phi) is 7.33. The minimum atomic E-state index is -0.495. The number of benzene rings is 2. The van der Waals surface area contributed by atoms with E-state index in [1.807, 2.05) is 42.5 Å². The maximum absolute atomic E-state index is 11.8. The molecule has 4 aromatic rings. The normalized spacial score (nSPS) is 15.9. The van der Waals surface area contributed by atoms with Gasteiger partial charge in [-0.1, -0.05) is 12.1 Å². The monoisotopic (exact) mass is 541 g/mol. The van der Waals surface area contributed by atoms with Crippen LogP contribution in [0.15, 0.2) is 42.5 Å². The molecule has 206 valence electrons. The predicted molar refractivity (Wildman–Crippen MR) is 147 cm³/mol. The fraction of sp³-hybridized carbons (Fsp3) is 0.414. The molecule has 0 radical (unpaired) electrons. The van der Waals surface area contributed by atoms with Gasteiger partial charge in [0.2, 0.25) is 5.82 Å². The van der Waals surface area contributed by atoms with E-state index in [2.05, 4.69) is 31.4 Å². The summed E-state index contributed by atoms with van der Waals surface area (Å²) in [7, 11) is 0. The third kappa shape index (κ3) is 5.10. The Morgan fingerprint density at radius 2 is 1.93 bits per heavy atom. The molecular formula is C29H31N7O4. The van der Waals surface area contributed by atoms with Crippen LogP contribution in [0.5, 0.6) is 5.75 Å². The zero-order valence-corrected chi connectivity index (χ0v) is 22.4. The average molecular weight is 542 g/mol. The molecule has 11 heteroatoms. The van der Waals surface area contributed by atoms with Crippen LogP contribution in [0.3, 0.4) is 0 Å². The fourth-order valence-corrected chi connectivity index (χ4v) is 5.33. The Balaban J connectivity index is 1.28. The Labute approximate surface area is 231 Å². The van der Waals surface area contributed by atoms with Gasteiger partial charge in [-0.25, -0.2) is 4.79 Å². The molecule has 2 fully saturated rings. The molecule has 2 aliphatic rings. The topological polar surface area (TPSA) is 129 Å². The number of rotatable bonds is 8. The second-order valence-corrected chi connectivity index (χ2v) is 10.1. The fourth-order valence-electron chi connectivity index (χ4n) is 5.33. The SMILES string of the molecule is CCOC(=O)Nc1ccc(-c2c(C#N)c3ccc(OCc4nnn(C5CCOCC5)n4)cc3n2C2CCC2)cc1. The Hall–Kier alpha value is -4.43. The molecule has 40 heavy (non-hydrogen) atoms. The van der Waals surface area contributed by atoms with E-state index >= 15 is 0 Å². The van der Waals surface area contributed by atoms with Crippen LogP contribution in [0, 0.1) is 11.3 Å². The van der Waals surface area contributed by atoms with Gasteiger partial charge >= 0.3 is 6.09 Å². The van der Waals surface area contributed by atoms with E-state index in [0.29, 0.717) is 48.7 Å². The molecule has 1 amide bonds. The summed E-state index contributed by atoms with van der Waals surface area (Å²) in [5.74, 6) is 1.20. The highest BCUT2D eigenvalue weighted by atomic mass is 16.5. The van der Waals surface area contributed by atoms with Crippen molar-refractivity contribution in [1.82, 2.24) is 24.8 Å². The number of hydrogen-bond acceptors (Lipinski definition) is 8. The molecule has 2 aromatic heterocycles. The Morgan fingerprint density at radius 3 is 2.62 bits per heavy atom. The van der Waals surface area contributed by atoms with Gasteiger partial charge in [-0.05, 0) is 74.1 Å². The largest absolute Gasteiger partial charge is 0.485 e. The van der Waals surface area contributed by atoms with Crippen molar-refractivity contribution >= 4 is 22.7 Å². The first-order chi connectivity index (χ1) is 19.6. The molecule has 2 aromatic carbocycles. The lowest BCUT2D eigenvalue weighted by atomic mass is 9.92. The number of amides is 1. The molecule has 1 saturated heterocycles. The number of anilines is 1. The van der Waals surface area contributed by atoms with Gasteiger partial charge < -0.3 is 18.8 Å². The van der Waals surface area contributed by atoms with Crippen molar-refractivity contribution in [3.8, 4) is 23.1 Å². The van der Waals surface area contributed by atoms with Gasteiger partial charge in [0.1, 0.15) is 11.8 Å². The van der Waals surface area contributed by atoms with Crippen LogP contribution in [0.1, 0.15) is 62.5 Å². The van der Waals surface area contributed by atoms with Gasteiger partial charge in [-0.15, -0.1) is 10.2 Å². The highest BCUT2D eigenvalue weighted by Crippen LogP contribution is 2.43. The summed E-state index contributed by atoms with van der Waals surface area (Å²) < 4.78 is 18.8. The van der Waals surface area contributed by atoms with E-state index < -0.39 is 6.09 Å². The molecule has 1 aliphatic carbocycles. The van der Waals surface area contributed by atoms with Crippen LogP contribution in [0.25, 0.3) is 22.2 Å². The smallest absolute Gasteiger partial charge is 0.411 e. The third-order valence-corrected chi connectivity index (χ3v) is 7.56. The van der Waals surface area contributed by atoms with Crippen molar-refractivity contribution in [2.24, 2.45) is 0 Å². The number of nitrogens with one attached hydrogen (secondary N) is 1. The maximum atomic E-state index is 11.8. The molecular weight excluding hydrogens is 510 g/mol. The standard InChI is InChI=1S/C29H31N7O4/c1-2-39-29(37)31-20-8-6-19(7-9-20)28-25(17-30)24-11-10-23(16-26(24)35(28)21-4-3-5-21)40-18-27-32-34-36(33-27)22-12-14-38-15-13-22/h6-11,16,21-22H,2-5,12-15,18H2,1H3,(H,31,37). The molecule has 1 saturated carbocycles. The molecule has 3 heterocycles. The number of nitriles is 1. The quantitative estimate of drug-likeness (QED) is 0.314. The first kappa shape index (κ1) is 25.8. The number of tetrazole rings is 1. The summed E-state index contributed by atoms with van der Waals surface area (Å²) in [6, 6.07) is 16.3. The van der Waals surface area contributed by atoms with Crippen molar-refractivity contribution < 1.29 is 19.0 Å². The van der Waals surface area contributed by atoms with Crippen LogP contribution in [-0.4, -0.2) is 50.7 Å². The lowest BCUT2D eigenvalue weighted by molar-refractivity contribution is 0.0614. The molecule has 0 unspecified atom stereocenters. The number of hydrogen-bond donors (Lipinski definition) is 1. The molecule has 0 bridgehead atoms. The minimum Gasteiger partial charge on any atom is -0.485 e. The van der Waals surface area contributed by atoms with Gasteiger partial charge in [-0.3, -0.25) is 5.32 Å². The number of aromatic nitrogens is 5. The highest BCUT2D eigenvalue weighted by Gasteiger charge is 2.28. The molecule has 1 N–H and O–H groups in total. The van der Waals surface area contributed by atoms with Crippen molar-refractivity contribution in [3.63, 3.8) is 0 Å². The summed E-state index contributed by atoms with van der Waals surface area (Å²) in [5.41, 5.74) is 4.00. The number of nitrogens with zero attached hydrogens (tertiary/aromatic N) is 6. The van der Waals surface area contributed by atoms with Crippen molar-refractivity contribution in [2.45, 2.75) is 57.7 Å². The van der Waals surface area contributed by atoms with E-state index in [9.17, 15) is 10.1 Å². The third-order valence-electron chi connectivity index (χ3n) is 7.56. The van der Waals surface area contributed by atoms with E-state index in [1.54, 1.807) is 11.7 Å². The molecule has 0 atom stereocenters. The van der Waals surface area contributed by atoms with Crippen molar-refractivity contribution in [2.75, 3.05) is 25.1 Å². The highest BCUT2D eigenvalue weighted by molar-refractivity contribution is 5.96. The summed E-state index contributed by atoms with van der Waals surface area (Å²) in [5, 5.41) is 26.7. The number of ether oxygens (including phenoxy) is 3. The molecule has 1 aliphatic heterocycles. The van der Waals surface area contributed by atoms with Gasteiger partial charge in [0, 0.05) is 36.4 Å². The number of carbonyl (C=O) groups excluding carboxylic acids is 1. The molecule has 11 nitrogen and oxygen atoms in total. The molecule has 0 spiro atoms. The zero-order chi connectivity index (χ0) is 27.5. The summed E-state index contributed by atoms with van der Waals surface area (Å²) in [4.78, 5) is 13.5.